The average Bonchev–Trinajstić information content (AvgIpc) is 2.03. The second-order valence-electron chi connectivity index (χ2n) is 2.04. The maximum atomic E-state index is 10.8. The Labute approximate surface area is 67.1 Å². The highest BCUT2D eigenvalue weighted by molar-refractivity contribution is 5.98. The second-order valence-corrected chi connectivity index (χ2v) is 2.04. The van der Waals surface area contributed by atoms with Crippen LogP contribution in [-0.4, -0.2) is 12.3 Å². The zero-order valence-electron chi connectivity index (χ0n) is 6.71. The molecule has 0 aliphatic carbocycles. The van der Waals surface area contributed by atoms with Crippen molar-refractivity contribution in [2.45, 2.75) is 6.92 Å². The Hall–Kier alpha value is -1.15. The highest BCUT2D eigenvalue weighted by Crippen LogP contribution is 1.93. The van der Waals surface area contributed by atoms with Gasteiger partial charge in [-0.1, -0.05) is 30.9 Å². The van der Waals surface area contributed by atoms with Gasteiger partial charge in [-0.15, -0.1) is 0 Å². The van der Waals surface area contributed by atoms with Gasteiger partial charge in [0, 0.05) is 5.57 Å². The van der Waals surface area contributed by atoms with E-state index in [0.29, 0.717) is 5.57 Å². The lowest BCUT2D eigenvalue weighted by molar-refractivity contribution is -0.114. The molecule has 0 amide bonds. The van der Waals surface area contributed by atoms with E-state index in [1.807, 2.05) is 19.1 Å². The summed E-state index contributed by atoms with van der Waals surface area (Å²) in [6, 6.07) is 0. The van der Waals surface area contributed by atoms with E-state index in [1.54, 1.807) is 12.2 Å². The Morgan fingerprint density at radius 2 is 2.18 bits per heavy atom. The van der Waals surface area contributed by atoms with Crippen LogP contribution in [-0.2, 0) is 4.79 Å². The minimum atomic E-state index is -0.120. The van der Waals surface area contributed by atoms with Crippen molar-refractivity contribution in [1.29, 1.82) is 0 Å². The molecule has 0 aromatic rings. The van der Waals surface area contributed by atoms with Gasteiger partial charge in [-0.25, -0.2) is 0 Å². The van der Waals surface area contributed by atoms with Crippen molar-refractivity contribution >= 4 is 5.78 Å². The first-order chi connectivity index (χ1) is 5.22. The quantitative estimate of drug-likeness (QED) is 0.484. The Morgan fingerprint density at radius 3 is 2.64 bits per heavy atom. The summed E-state index contributed by atoms with van der Waals surface area (Å²) in [6.45, 7) is 5.47. The largest absolute Gasteiger partial charge is 0.324 e. The molecule has 0 bridgehead atoms. The molecule has 0 radical (unpaired) electrons. The van der Waals surface area contributed by atoms with Gasteiger partial charge in [0.1, 0.15) is 0 Å². The first-order valence-electron chi connectivity index (χ1n) is 3.44. The van der Waals surface area contributed by atoms with Crippen LogP contribution in [0.25, 0.3) is 0 Å². The predicted molar refractivity (Wildman–Crippen MR) is 47.2 cm³/mol. The minimum Gasteiger partial charge on any atom is -0.324 e. The Balaban J connectivity index is 3.97. The Bertz CT molecular complexity index is 202. The molecule has 2 heteroatoms. The third kappa shape index (κ3) is 4.28. The third-order valence-corrected chi connectivity index (χ3v) is 1.14. The highest BCUT2D eigenvalue weighted by atomic mass is 16.1. The number of Topliss-reactive ketones (excluding diaryl/α,β-unsaturated/α-hetero) is 1. The summed E-state index contributed by atoms with van der Waals surface area (Å²) in [4.78, 5) is 10.8. The SMILES string of the molecule is C=C(/C=C\C=C/C)C(=O)CN. The van der Waals surface area contributed by atoms with Crippen molar-refractivity contribution in [3.05, 3.63) is 36.5 Å². The average molecular weight is 151 g/mol. The zero-order chi connectivity index (χ0) is 8.69. The Morgan fingerprint density at radius 1 is 1.55 bits per heavy atom. The number of nitrogens with two attached hydrogens (primary N) is 1. The fourth-order valence-corrected chi connectivity index (χ4v) is 0.507. The zero-order valence-corrected chi connectivity index (χ0v) is 6.71. The van der Waals surface area contributed by atoms with Crippen LogP contribution < -0.4 is 5.73 Å². The summed E-state index contributed by atoms with van der Waals surface area (Å²) in [6.07, 6.45) is 7.11. The number of allylic oxidation sites excluding steroid dienone is 4. The topological polar surface area (TPSA) is 43.1 Å². The summed E-state index contributed by atoms with van der Waals surface area (Å²) in [5, 5.41) is 0. The van der Waals surface area contributed by atoms with Crippen LogP contribution in [0.15, 0.2) is 36.5 Å². The monoisotopic (exact) mass is 151 g/mol. The third-order valence-electron chi connectivity index (χ3n) is 1.14. The van der Waals surface area contributed by atoms with Gasteiger partial charge in [-0.05, 0) is 6.92 Å². The number of carbonyl (C=O) groups excluding carboxylic acids is 1. The standard InChI is InChI=1S/C9H13NO/c1-3-4-5-6-8(2)9(11)7-10/h3-6H,2,7,10H2,1H3/b4-3-,6-5-. The molecule has 0 rings (SSSR count). The summed E-state index contributed by atoms with van der Waals surface area (Å²) in [5.74, 6) is -0.120. The molecule has 0 heterocycles. The molecule has 0 aromatic carbocycles. The van der Waals surface area contributed by atoms with Crippen molar-refractivity contribution in [2.75, 3.05) is 6.54 Å². The molecule has 0 aliphatic heterocycles. The number of hydrogen-bond acceptors (Lipinski definition) is 2. The van der Waals surface area contributed by atoms with Gasteiger partial charge in [-0.2, -0.15) is 0 Å². The molecule has 0 fully saturated rings. The summed E-state index contributed by atoms with van der Waals surface area (Å²) < 4.78 is 0. The van der Waals surface area contributed by atoms with E-state index in [1.165, 1.54) is 0 Å². The lowest BCUT2D eigenvalue weighted by Crippen LogP contribution is -2.13. The number of hydrogen-bond donors (Lipinski definition) is 1. The molecule has 0 aromatic heterocycles. The molecule has 0 unspecified atom stereocenters. The van der Waals surface area contributed by atoms with Crippen LogP contribution in [0.2, 0.25) is 0 Å². The normalized spacial score (nSPS) is 11.1. The van der Waals surface area contributed by atoms with Crippen LogP contribution in [0.5, 0.6) is 0 Å². The van der Waals surface area contributed by atoms with E-state index in [0.717, 1.165) is 0 Å². The smallest absolute Gasteiger partial charge is 0.175 e. The molecule has 0 aliphatic rings. The molecular formula is C9H13NO. The molecule has 0 atom stereocenters. The summed E-state index contributed by atoms with van der Waals surface area (Å²) in [7, 11) is 0. The van der Waals surface area contributed by atoms with Crippen molar-refractivity contribution in [3.63, 3.8) is 0 Å². The van der Waals surface area contributed by atoms with Crippen molar-refractivity contribution in [2.24, 2.45) is 5.73 Å². The molecule has 11 heavy (non-hydrogen) atoms. The fraction of sp³-hybridized carbons (Fsp3) is 0.222. The van der Waals surface area contributed by atoms with Crippen molar-refractivity contribution in [3.8, 4) is 0 Å². The number of rotatable bonds is 4. The van der Waals surface area contributed by atoms with Gasteiger partial charge in [0.25, 0.3) is 0 Å². The minimum absolute atomic E-state index is 0.0268. The van der Waals surface area contributed by atoms with Gasteiger partial charge in [0.05, 0.1) is 6.54 Å². The lowest BCUT2D eigenvalue weighted by Gasteiger charge is -1.92. The summed E-state index contributed by atoms with van der Waals surface area (Å²) >= 11 is 0. The molecular weight excluding hydrogens is 138 g/mol. The van der Waals surface area contributed by atoms with Crippen LogP contribution in [0.1, 0.15) is 6.92 Å². The number of ketones is 1. The van der Waals surface area contributed by atoms with Crippen molar-refractivity contribution in [1.82, 2.24) is 0 Å². The predicted octanol–water partition coefficient (Wildman–Crippen LogP) is 1.20. The van der Waals surface area contributed by atoms with Gasteiger partial charge < -0.3 is 5.73 Å². The molecule has 0 saturated heterocycles. The molecule has 0 saturated carbocycles. The van der Waals surface area contributed by atoms with Crippen LogP contribution >= 0.6 is 0 Å². The van der Waals surface area contributed by atoms with Crippen LogP contribution in [0.4, 0.5) is 0 Å². The molecule has 2 nitrogen and oxygen atoms in total. The van der Waals surface area contributed by atoms with E-state index in [9.17, 15) is 4.79 Å². The lowest BCUT2D eigenvalue weighted by atomic mass is 10.2. The van der Waals surface area contributed by atoms with E-state index < -0.39 is 0 Å². The maximum absolute atomic E-state index is 10.8. The van der Waals surface area contributed by atoms with Crippen LogP contribution in [0, 0.1) is 0 Å². The summed E-state index contributed by atoms with van der Waals surface area (Å²) in [5.41, 5.74) is 5.56. The van der Waals surface area contributed by atoms with Gasteiger partial charge in [-0.3, -0.25) is 4.79 Å². The fourth-order valence-electron chi connectivity index (χ4n) is 0.507. The van der Waals surface area contributed by atoms with E-state index in [4.69, 9.17) is 5.73 Å². The molecule has 2 N–H and O–H groups in total. The van der Waals surface area contributed by atoms with Crippen LogP contribution in [0.3, 0.4) is 0 Å². The van der Waals surface area contributed by atoms with Crippen molar-refractivity contribution < 1.29 is 4.79 Å². The second kappa shape index (κ2) is 5.62. The molecule has 0 spiro atoms. The number of carbonyl (C=O) groups is 1. The van der Waals surface area contributed by atoms with E-state index >= 15 is 0 Å². The Kier molecular flexibility index (Phi) is 5.03. The highest BCUT2D eigenvalue weighted by Gasteiger charge is 1.97. The van der Waals surface area contributed by atoms with Gasteiger partial charge in [0.15, 0.2) is 5.78 Å². The maximum Gasteiger partial charge on any atom is 0.175 e. The first kappa shape index (κ1) is 9.85. The van der Waals surface area contributed by atoms with Gasteiger partial charge in [0.2, 0.25) is 0 Å². The van der Waals surface area contributed by atoms with E-state index in [-0.39, 0.29) is 12.3 Å². The first-order valence-corrected chi connectivity index (χ1v) is 3.44. The van der Waals surface area contributed by atoms with Gasteiger partial charge >= 0.3 is 0 Å². The molecule has 60 valence electrons. The van der Waals surface area contributed by atoms with E-state index in [2.05, 4.69) is 6.58 Å².